The number of aliphatic hydroxyl groups is 2. The molecule has 2 aromatic carbocycles. The van der Waals surface area contributed by atoms with Gasteiger partial charge in [-0.25, -0.2) is 19.6 Å². The predicted molar refractivity (Wildman–Crippen MR) is 258 cm³/mol. The van der Waals surface area contributed by atoms with Crippen LogP contribution in [-0.2, 0) is 19.1 Å². The van der Waals surface area contributed by atoms with Crippen LogP contribution < -0.4 is 38.2 Å². The Bertz CT molecular complexity index is 2480. The predicted octanol–water partition coefficient (Wildman–Crippen LogP) is 4.45. The van der Waals surface area contributed by atoms with E-state index in [0.29, 0.717) is 121 Å². The molecule has 2 aliphatic heterocycles. The minimum absolute atomic E-state index is 0.230. The van der Waals surface area contributed by atoms with E-state index < -0.39 is 36.4 Å². The maximum absolute atomic E-state index is 13.6. The Morgan fingerprint density at radius 1 is 0.586 bits per heavy atom. The molecule has 0 saturated heterocycles. The Morgan fingerprint density at radius 3 is 1.33 bits per heavy atom. The van der Waals surface area contributed by atoms with Gasteiger partial charge >= 0.3 is 11.9 Å². The van der Waals surface area contributed by atoms with Gasteiger partial charge in [-0.3, -0.25) is 9.98 Å². The van der Waals surface area contributed by atoms with E-state index in [9.17, 15) is 19.8 Å². The van der Waals surface area contributed by atoms with Crippen LogP contribution in [0.1, 0.15) is 97.6 Å². The van der Waals surface area contributed by atoms with Gasteiger partial charge in [0.1, 0.15) is 12.2 Å². The number of hydrogen-bond donors (Lipinski definition) is 2. The highest BCUT2D eigenvalue weighted by Crippen LogP contribution is 2.48. The van der Waals surface area contributed by atoms with E-state index >= 15 is 0 Å². The third-order valence-electron chi connectivity index (χ3n) is 13.2. The molecular weight excluding hydrogens is 905 g/mol. The lowest BCUT2D eigenvalue weighted by molar-refractivity contribution is -0.180. The smallest absolute Gasteiger partial charge is 0.338 e. The molecule has 0 bridgehead atoms. The van der Waals surface area contributed by atoms with Gasteiger partial charge in [0.25, 0.3) is 0 Å². The molecule has 20 heteroatoms. The van der Waals surface area contributed by atoms with Crippen molar-refractivity contribution in [1.29, 1.82) is 0 Å². The normalized spacial score (nSPS) is 21.9. The summed E-state index contributed by atoms with van der Waals surface area (Å²) in [5.41, 5.74) is 5.75. The van der Waals surface area contributed by atoms with E-state index in [1.807, 2.05) is 66.3 Å². The second-order valence-corrected chi connectivity index (χ2v) is 18.0. The number of benzene rings is 2. The van der Waals surface area contributed by atoms with Crippen molar-refractivity contribution in [3.63, 3.8) is 0 Å². The molecule has 374 valence electrons. The molecule has 8 atom stereocenters. The van der Waals surface area contributed by atoms with Crippen molar-refractivity contribution in [2.75, 3.05) is 79.6 Å². The Hall–Kier alpha value is -6.80. The van der Waals surface area contributed by atoms with Gasteiger partial charge in [-0.15, -0.1) is 0 Å². The van der Waals surface area contributed by atoms with Gasteiger partial charge in [0.15, 0.2) is 35.2 Å². The van der Waals surface area contributed by atoms with Crippen LogP contribution in [0, 0.1) is 0 Å². The number of esters is 2. The number of rotatable bonds is 17. The van der Waals surface area contributed by atoms with Crippen molar-refractivity contribution in [3.8, 4) is 34.8 Å². The minimum atomic E-state index is -2.20. The Balaban J connectivity index is 0.972. The molecule has 4 heterocycles. The van der Waals surface area contributed by atoms with Gasteiger partial charge < -0.3 is 57.9 Å². The Morgan fingerprint density at radius 2 is 0.986 bits per heavy atom. The third kappa shape index (κ3) is 9.70. The van der Waals surface area contributed by atoms with Gasteiger partial charge in [0.2, 0.25) is 23.7 Å². The lowest BCUT2D eigenvalue weighted by Crippen LogP contribution is -2.45. The van der Waals surface area contributed by atoms with E-state index in [1.54, 1.807) is 50.6 Å². The first-order valence-corrected chi connectivity index (χ1v) is 23.5. The second-order valence-electron chi connectivity index (χ2n) is 18.0. The van der Waals surface area contributed by atoms with Crippen LogP contribution in [0.25, 0.3) is 0 Å². The summed E-state index contributed by atoms with van der Waals surface area (Å²) in [6, 6.07) is 7.14. The summed E-state index contributed by atoms with van der Waals surface area (Å²) < 4.78 is 46.7. The van der Waals surface area contributed by atoms with Crippen LogP contribution in [-0.4, -0.2) is 160 Å². The van der Waals surface area contributed by atoms with Crippen molar-refractivity contribution in [2.45, 2.75) is 101 Å². The highest BCUT2D eigenvalue weighted by Gasteiger charge is 2.44. The molecule has 0 radical (unpaired) electrons. The van der Waals surface area contributed by atoms with Gasteiger partial charge in [0.05, 0.1) is 76.3 Å². The molecule has 70 heavy (non-hydrogen) atoms. The average molecular weight is 967 g/mol. The van der Waals surface area contributed by atoms with Crippen LogP contribution in [0.15, 0.2) is 46.6 Å². The first-order valence-electron chi connectivity index (χ1n) is 23.5. The fourth-order valence-electron chi connectivity index (χ4n) is 9.86. The van der Waals surface area contributed by atoms with Gasteiger partial charge in [-0.2, -0.15) is 9.97 Å². The van der Waals surface area contributed by atoms with E-state index in [2.05, 4.69) is 19.9 Å². The minimum Gasteiger partial charge on any atom is -0.493 e. The summed E-state index contributed by atoms with van der Waals surface area (Å²) in [5.74, 6) is 1.02. The topological polar surface area (TPSA) is 231 Å². The summed E-state index contributed by atoms with van der Waals surface area (Å²) in [6.07, 6.45) is 0.173. The number of carbonyl (C=O) groups excluding carboxylic acids is 2. The number of anilines is 2. The number of nitrogens with zero attached hydrogens (tertiary/aromatic N) is 8. The van der Waals surface area contributed by atoms with E-state index in [1.165, 1.54) is 0 Å². The molecule has 4 aliphatic rings. The molecule has 20 nitrogen and oxygen atoms in total. The van der Waals surface area contributed by atoms with Crippen molar-refractivity contribution < 1.29 is 57.7 Å². The average Bonchev–Trinajstić information content (AvgIpc) is 3.37. The Labute approximate surface area is 407 Å². The number of aromatic nitrogens is 4. The molecule has 2 fully saturated rings. The van der Waals surface area contributed by atoms with Crippen LogP contribution in [0.4, 0.5) is 11.9 Å². The van der Waals surface area contributed by atoms with Crippen LogP contribution in [0.3, 0.4) is 0 Å². The van der Waals surface area contributed by atoms with Crippen molar-refractivity contribution in [1.82, 2.24) is 19.9 Å². The molecule has 2 saturated carbocycles. The molecular formula is C50H62N8O12. The molecule has 4 aromatic rings. The SMILES string of the molecule is CCOc1cc2c(cc1OC)C(c1cnc(N(C)C)nc1OC)=N[C@H]1CC[C@H](OC(=O)C(O)C(O)C(=O)O[C@H]3CC[C@@H]4N=C(c5cnc(N(C)C)nc5OC)c5cc(OC)c(OCC)cc5[C@@H]4C3)C[C@@H]21. The van der Waals surface area contributed by atoms with Gasteiger partial charge in [-0.05, 0) is 87.8 Å². The maximum Gasteiger partial charge on any atom is 0.338 e. The number of aliphatic hydroxyl groups excluding tert-OH is 2. The molecule has 2 unspecified atom stereocenters. The molecule has 2 N–H and O–H groups in total. The highest BCUT2D eigenvalue weighted by atomic mass is 16.6. The quantitative estimate of drug-likeness (QED) is 0.139. The van der Waals surface area contributed by atoms with Crippen LogP contribution in [0.2, 0.25) is 0 Å². The second kappa shape index (κ2) is 21.1. The molecule has 2 aliphatic carbocycles. The number of carbonyl (C=O) groups is 2. The van der Waals surface area contributed by atoms with Crippen LogP contribution >= 0.6 is 0 Å². The zero-order valence-electron chi connectivity index (χ0n) is 41.3. The molecule has 0 amide bonds. The highest BCUT2D eigenvalue weighted by molar-refractivity contribution is 6.17. The summed E-state index contributed by atoms with van der Waals surface area (Å²) in [7, 11) is 13.6. The summed E-state index contributed by atoms with van der Waals surface area (Å²) in [6.45, 7) is 4.57. The molecule has 2 aromatic heterocycles. The summed E-state index contributed by atoms with van der Waals surface area (Å²) in [4.78, 5) is 59.5. The number of hydrogen-bond acceptors (Lipinski definition) is 20. The Kier molecular flexibility index (Phi) is 14.9. The molecule has 0 spiro atoms. The third-order valence-corrected chi connectivity index (χ3v) is 13.2. The first kappa shape index (κ1) is 49.6. The first-order chi connectivity index (χ1) is 33.7. The fraction of sp³-hybridized carbons (Fsp3) is 0.520. The number of methoxy groups -OCH3 is 4. The molecule has 8 rings (SSSR count). The van der Waals surface area contributed by atoms with Crippen molar-refractivity contribution >= 4 is 35.3 Å². The zero-order valence-corrected chi connectivity index (χ0v) is 41.3. The summed E-state index contributed by atoms with van der Waals surface area (Å²) >= 11 is 0. The van der Waals surface area contributed by atoms with Crippen LogP contribution in [0.5, 0.6) is 34.8 Å². The van der Waals surface area contributed by atoms with E-state index in [-0.39, 0.29) is 23.9 Å². The lowest BCUT2D eigenvalue weighted by Gasteiger charge is -2.39. The fourth-order valence-corrected chi connectivity index (χ4v) is 9.86. The number of fused-ring (bicyclic) bond motifs is 6. The summed E-state index contributed by atoms with van der Waals surface area (Å²) in [5, 5.41) is 22.3. The zero-order chi connectivity index (χ0) is 50.0. The number of aliphatic imine (C=N–C) groups is 2. The van der Waals surface area contributed by atoms with E-state index in [4.69, 9.17) is 47.9 Å². The monoisotopic (exact) mass is 966 g/mol. The van der Waals surface area contributed by atoms with Crippen molar-refractivity contribution in [2.24, 2.45) is 9.98 Å². The van der Waals surface area contributed by atoms with Crippen molar-refractivity contribution in [3.05, 3.63) is 70.0 Å². The lowest BCUT2D eigenvalue weighted by atomic mass is 9.74. The van der Waals surface area contributed by atoms with Gasteiger partial charge in [-0.1, -0.05) is 0 Å². The largest absolute Gasteiger partial charge is 0.493 e. The maximum atomic E-state index is 13.6. The number of ether oxygens (including phenoxy) is 8. The van der Waals surface area contributed by atoms with E-state index in [0.717, 1.165) is 22.3 Å². The standard InChI is InChI=1S/C50H62N8O12/c1-11-67-39-19-27-29-17-25(13-15-35(29)53-41(31(27)21-37(39)63-7)33-23-51-49(57(3)4)55-45(33)65-9)69-47(61)43(59)44(60)48(62)70-26-14-16-36-30(18-26)28-20-40(68-12-2)38(64-8)22-32(28)42(54-36)34-24-52-50(58(5)6)56-46(34)66-10/h19-26,29-30,35-36,43-44,59-60H,11-18H2,1-10H3/t25-,26-,29-,30-,35-,36-,43?,44?/m0/s1. The van der Waals surface area contributed by atoms with Gasteiger partial charge in [0, 0.05) is 63.5 Å².